The number of halogens is 2. The van der Waals surface area contributed by atoms with Crippen molar-refractivity contribution in [1.29, 1.82) is 0 Å². The van der Waals surface area contributed by atoms with Gasteiger partial charge in [0.15, 0.2) is 17.9 Å². The van der Waals surface area contributed by atoms with Gasteiger partial charge in [0.05, 0.1) is 15.5 Å². The first-order valence-corrected chi connectivity index (χ1v) is 9.30. The average molecular weight is 442 g/mol. The molecule has 4 rings (SSSR count). The molecule has 10 heteroatoms. The van der Waals surface area contributed by atoms with E-state index in [1.54, 1.807) is 24.3 Å². The first-order chi connectivity index (χ1) is 14.9. The fourth-order valence-electron chi connectivity index (χ4n) is 2.85. The minimum absolute atomic E-state index is 0.00424. The predicted octanol–water partition coefficient (Wildman–Crippen LogP) is 5.21. The van der Waals surface area contributed by atoms with Crippen LogP contribution >= 0.6 is 11.6 Å². The van der Waals surface area contributed by atoms with Crippen molar-refractivity contribution in [3.63, 3.8) is 0 Å². The number of oxazole rings is 1. The third kappa shape index (κ3) is 4.46. The largest absolute Gasteiger partial charge is 0.477 e. The van der Waals surface area contributed by atoms with Crippen LogP contribution in [-0.4, -0.2) is 22.4 Å². The molecule has 1 aromatic heterocycles. The third-order valence-electron chi connectivity index (χ3n) is 4.25. The van der Waals surface area contributed by atoms with Crippen LogP contribution in [0.15, 0.2) is 65.1 Å². The fourth-order valence-corrected chi connectivity index (χ4v) is 3.10. The number of nitrogens with one attached hydrogen (secondary N) is 1. The fraction of sp³-hybridized carbons (Fsp3) is 0.0476. The van der Waals surface area contributed by atoms with E-state index in [4.69, 9.17) is 20.8 Å². The van der Waals surface area contributed by atoms with Crippen LogP contribution in [0.4, 0.5) is 15.8 Å². The summed E-state index contributed by atoms with van der Waals surface area (Å²) < 4.78 is 24.2. The van der Waals surface area contributed by atoms with E-state index in [9.17, 15) is 19.3 Å². The lowest BCUT2D eigenvalue weighted by molar-refractivity contribution is -0.385. The molecule has 0 aliphatic carbocycles. The molecule has 1 amide bonds. The van der Waals surface area contributed by atoms with E-state index >= 15 is 0 Å². The van der Waals surface area contributed by atoms with Gasteiger partial charge in [0.1, 0.15) is 11.3 Å². The quantitative estimate of drug-likeness (QED) is 0.325. The summed E-state index contributed by atoms with van der Waals surface area (Å²) in [5.74, 6) is -0.778. The van der Waals surface area contributed by atoms with Crippen LogP contribution in [0.3, 0.4) is 0 Å². The van der Waals surface area contributed by atoms with Crippen LogP contribution in [0, 0.1) is 15.9 Å². The van der Waals surface area contributed by atoms with Crippen molar-refractivity contribution in [2.45, 2.75) is 0 Å². The molecule has 156 valence electrons. The number of ether oxygens (including phenoxy) is 1. The molecule has 0 spiro atoms. The number of amides is 1. The number of nitrogens with zero attached hydrogens (tertiary/aromatic N) is 2. The number of benzene rings is 3. The first kappa shape index (κ1) is 20.3. The zero-order chi connectivity index (χ0) is 22.0. The summed E-state index contributed by atoms with van der Waals surface area (Å²) in [5, 5.41) is 13.8. The highest BCUT2D eigenvalue weighted by Crippen LogP contribution is 2.31. The molecule has 3 aromatic carbocycles. The summed E-state index contributed by atoms with van der Waals surface area (Å²) in [7, 11) is 0. The Bertz CT molecular complexity index is 1310. The van der Waals surface area contributed by atoms with Crippen LogP contribution in [0.1, 0.15) is 0 Å². The molecular formula is C21H13ClFN3O5. The molecule has 1 heterocycles. The summed E-state index contributed by atoms with van der Waals surface area (Å²) in [6.45, 7) is -0.419. The Hall–Kier alpha value is -3.98. The lowest BCUT2D eigenvalue weighted by Gasteiger charge is -2.07. The Balaban J connectivity index is 1.48. The maximum atomic E-state index is 13.3. The number of carbonyl (C=O) groups excluding carboxylic acids is 1. The van der Waals surface area contributed by atoms with Crippen molar-refractivity contribution >= 4 is 40.0 Å². The Kier molecular flexibility index (Phi) is 5.50. The van der Waals surface area contributed by atoms with E-state index in [1.165, 1.54) is 30.3 Å². The number of para-hydroxylation sites is 2. The number of aromatic nitrogens is 1. The van der Waals surface area contributed by atoms with Gasteiger partial charge in [0.2, 0.25) is 5.89 Å². The molecule has 4 aromatic rings. The molecule has 0 aliphatic heterocycles. The highest BCUT2D eigenvalue weighted by molar-refractivity contribution is 6.33. The van der Waals surface area contributed by atoms with Crippen molar-refractivity contribution < 1.29 is 23.3 Å². The van der Waals surface area contributed by atoms with Crippen LogP contribution in [-0.2, 0) is 4.79 Å². The second kappa shape index (κ2) is 8.41. The number of hydrogen-bond donors (Lipinski definition) is 1. The van der Waals surface area contributed by atoms with Gasteiger partial charge in [-0.2, -0.15) is 0 Å². The van der Waals surface area contributed by atoms with Gasteiger partial charge in [0.25, 0.3) is 5.91 Å². The molecule has 1 N–H and O–H groups in total. The summed E-state index contributed by atoms with van der Waals surface area (Å²) in [6, 6.07) is 14.5. The van der Waals surface area contributed by atoms with Crippen molar-refractivity contribution in [2.75, 3.05) is 11.9 Å². The van der Waals surface area contributed by atoms with E-state index < -0.39 is 23.3 Å². The van der Waals surface area contributed by atoms with Crippen LogP contribution < -0.4 is 10.1 Å². The van der Waals surface area contributed by atoms with E-state index in [-0.39, 0.29) is 22.4 Å². The monoisotopic (exact) mass is 441 g/mol. The first-order valence-electron chi connectivity index (χ1n) is 8.93. The van der Waals surface area contributed by atoms with Crippen molar-refractivity contribution in [1.82, 2.24) is 4.98 Å². The van der Waals surface area contributed by atoms with E-state index in [0.29, 0.717) is 22.4 Å². The second-order valence-corrected chi connectivity index (χ2v) is 6.79. The lowest BCUT2D eigenvalue weighted by Crippen LogP contribution is -2.20. The molecule has 31 heavy (non-hydrogen) atoms. The minimum Gasteiger partial charge on any atom is -0.477 e. The van der Waals surface area contributed by atoms with E-state index in [2.05, 4.69) is 10.3 Å². The highest BCUT2D eigenvalue weighted by Gasteiger charge is 2.16. The van der Waals surface area contributed by atoms with Gasteiger partial charge in [0, 0.05) is 11.8 Å². The van der Waals surface area contributed by atoms with Crippen LogP contribution in [0.25, 0.3) is 22.6 Å². The van der Waals surface area contributed by atoms with Crippen LogP contribution in [0.2, 0.25) is 5.02 Å². The molecule has 0 fully saturated rings. The Morgan fingerprint density at radius 1 is 1.19 bits per heavy atom. The standard InChI is InChI=1S/C21H13ClFN3O5/c22-15-9-12(23)5-7-14(15)21-25-16-10-13(6-8-18(16)31-21)24-20(27)11-30-19-4-2-1-3-17(19)26(28)29/h1-10H,11H2,(H,24,27). The number of hydrogen-bond acceptors (Lipinski definition) is 6. The highest BCUT2D eigenvalue weighted by atomic mass is 35.5. The summed E-state index contributed by atoms with van der Waals surface area (Å²) >= 11 is 6.05. The second-order valence-electron chi connectivity index (χ2n) is 6.39. The van der Waals surface area contributed by atoms with Crippen molar-refractivity contribution in [2.24, 2.45) is 0 Å². The van der Waals surface area contributed by atoms with Gasteiger partial charge in [-0.05, 0) is 42.5 Å². The Labute approximate surface area is 179 Å². The predicted molar refractivity (Wildman–Crippen MR) is 112 cm³/mol. The summed E-state index contributed by atoms with van der Waals surface area (Å²) in [4.78, 5) is 27.0. The Morgan fingerprint density at radius 3 is 2.77 bits per heavy atom. The Morgan fingerprint density at radius 2 is 2.00 bits per heavy atom. The van der Waals surface area contributed by atoms with Gasteiger partial charge >= 0.3 is 5.69 Å². The van der Waals surface area contributed by atoms with Crippen molar-refractivity contribution in [3.05, 3.63) is 81.6 Å². The smallest absolute Gasteiger partial charge is 0.310 e. The molecule has 0 atom stereocenters. The number of nitro groups is 1. The summed E-state index contributed by atoms with van der Waals surface area (Å²) in [5.41, 5.74) is 1.53. The molecular weight excluding hydrogens is 429 g/mol. The molecule has 0 bridgehead atoms. The van der Waals surface area contributed by atoms with E-state index in [0.717, 1.165) is 6.07 Å². The maximum absolute atomic E-state index is 13.3. The summed E-state index contributed by atoms with van der Waals surface area (Å²) in [6.07, 6.45) is 0. The number of nitro benzene ring substituents is 1. The van der Waals surface area contributed by atoms with Gasteiger partial charge in [-0.25, -0.2) is 9.37 Å². The molecule has 0 radical (unpaired) electrons. The van der Waals surface area contributed by atoms with Gasteiger partial charge in [-0.1, -0.05) is 23.7 Å². The van der Waals surface area contributed by atoms with Crippen molar-refractivity contribution in [3.8, 4) is 17.2 Å². The molecule has 0 saturated carbocycles. The SMILES string of the molecule is O=C(COc1ccccc1[N+](=O)[O-])Nc1ccc2oc(-c3ccc(F)cc3Cl)nc2c1. The average Bonchev–Trinajstić information content (AvgIpc) is 3.15. The topological polar surface area (TPSA) is 108 Å². The number of rotatable bonds is 6. The lowest BCUT2D eigenvalue weighted by atomic mass is 10.2. The van der Waals surface area contributed by atoms with Gasteiger partial charge in [-0.15, -0.1) is 0 Å². The number of anilines is 1. The normalized spacial score (nSPS) is 10.8. The van der Waals surface area contributed by atoms with Crippen LogP contribution in [0.5, 0.6) is 5.75 Å². The van der Waals surface area contributed by atoms with Gasteiger partial charge < -0.3 is 14.5 Å². The maximum Gasteiger partial charge on any atom is 0.310 e. The molecule has 8 nitrogen and oxygen atoms in total. The number of carbonyl (C=O) groups is 1. The third-order valence-corrected chi connectivity index (χ3v) is 4.57. The van der Waals surface area contributed by atoms with E-state index in [1.807, 2.05) is 0 Å². The zero-order valence-corrected chi connectivity index (χ0v) is 16.4. The number of fused-ring (bicyclic) bond motifs is 1. The van der Waals surface area contributed by atoms with Gasteiger partial charge in [-0.3, -0.25) is 14.9 Å². The molecule has 0 unspecified atom stereocenters. The zero-order valence-electron chi connectivity index (χ0n) is 15.7. The molecule has 0 aliphatic rings. The molecule has 0 saturated heterocycles. The minimum atomic E-state index is -0.587.